The van der Waals surface area contributed by atoms with Gasteiger partial charge in [-0.1, -0.05) is 13.8 Å². The van der Waals surface area contributed by atoms with E-state index in [4.69, 9.17) is 10.5 Å². The second-order valence-electron chi connectivity index (χ2n) is 3.91. The zero-order chi connectivity index (χ0) is 8.70. The molecule has 0 aromatic carbocycles. The second kappa shape index (κ2) is 2.46. The summed E-state index contributed by atoms with van der Waals surface area (Å²) in [7, 11) is 0. The molecule has 2 atom stereocenters. The zero-order valence-corrected chi connectivity index (χ0v) is 7.98. The van der Waals surface area contributed by atoms with Crippen molar-refractivity contribution in [1.82, 2.24) is 0 Å². The summed E-state index contributed by atoms with van der Waals surface area (Å²) in [6, 6.07) is 0.199. The zero-order valence-electron chi connectivity index (χ0n) is 7.98. The highest BCUT2D eigenvalue weighted by Gasteiger charge is 2.55. The van der Waals surface area contributed by atoms with Gasteiger partial charge in [0.05, 0.1) is 17.2 Å². The molecule has 1 saturated heterocycles. The van der Waals surface area contributed by atoms with Gasteiger partial charge in [0.25, 0.3) is 0 Å². The van der Waals surface area contributed by atoms with Gasteiger partial charge in [-0.2, -0.15) is 0 Å². The van der Waals surface area contributed by atoms with Gasteiger partial charge in [0.15, 0.2) is 0 Å². The van der Waals surface area contributed by atoms with Crippen LogP contribution in [0.2, 0.25) is 0 Å². The van der Waals surface area contributed by atoms with Gasteiger partial charge < -0.3 is 10.5 Å². The van der Waals surface area contributed by atoms with E-state index in [-0.39, 0.29) is 17.2 Å². The van der Waals surface area contributed by atoms with Crippen LogP contribution in [0.15, 0.2) is 0 Å². The quantitative estimate of drug-likeness (QED) is 0.662. The first-order chi connectivity index (χ1) is 4.98. The minimum Gasteiger partial charge on any atom is -0.366 e. The molecule has 1 fully saturated rings. The average molecular weight is 157 g/mol. The molecule has 0 saturated carbocycles. The highest BCUT2D eigenvalue weighted by Crippen LogP contribution is 2.43. The Balaban J connectivity index is 2.62. The predicted octanol–water partition coefficient (Wildman–Crippen LogP) is 1.68. The normalized spacial score (nSPS) is 45.5. The summed E-state index contributed by atoms with van der Waals surface area (Å²) in [6.45, 7) is 8.42. The van der Waals surface area contributed by atoms with Crippen LogP contribution in [-0.4, -0.2) is 17.2 Å². The summed E-state index contributed by atoms with van der Waals surface area (Å²) in [4.78, 5) is 0. The van der Waals surface area contributed by atoms with Crippen molar-refractivity contribution < 1.29 is 4.74 Å². The Hall–Kier alpha value is -0.0800. The van der Waals surface area contributed by atoms with Crippen molar-refractivity contribution in [3.63, 3.8) is 0 Å². The van der Waals surface area contributed by atoms with E-state index in [1.165, 1.54) is 0 Å². The molecular formula is C9H19NO. The third kappa shape index (κ3) is 1.09. The number of nitrogens with two attached hydrogens (primary N) is 1. The van der Waals surface area contributed by atoms with Crippen molar-refractivity contribution in [1.29, 1.82) is 0 Å². The fourth-order valence-electron chi connectivity index (χ4n) is 1.83. The van der Waals surface area contributed by atoms with Gasteiger partial charge in [0, 0.05) is 0 Å². The molecule has 2 nitrogen and oxygen atoms in total. The summed E-state index contributed by atoms with van der Waals surface area (Å²) < 4.78 is 5.80. The molecule has 1 aliphatic rings. The van der Waals surface area contributed by atoms with Gasteiger partial charge >= 0.3 is 0 Å². The molecule has 0 radical (unpaired) electrons. The number of ether oxygens (including phenoxy) is 1. The van der Waals surface area contributed by atoms with Crippen molar-refractivity contribution in [3.05, 3.63) is 0 Å². The summed E-state index contributed by atoms with van der Waals surface area (Å²) in [5.41, 5.74) is 5.90. The molecule has 11 heavy (non-hydrogen) atoms. The van der Waals surface area contributed by atoms with Crippen molar-refractivity contribution in [3.8, 4) is 0 Å². The van der Waals surface area contributed by atoms with E-state index in [0.717, 1.165) is 12.8 Å². The van der Waals surface area contributed by atoms with E-state index >= 15 is 0 Å². The van der Waals surface area contributed by atoms with E-state index in [2.05, 4.69) is 27.7 Å². The van der Waals surface area contributed by atoms with Crippen LogP contribution in [0.4, 0.5) is 0 Å². The van der Waals surface area contributed by atoms with Crippen molar-refractivity contribution in [2.75, 3.05) is 0 Å². The molecule has 1 aliphatic heterocycles. The van der Waals surface area contributed by atoms with Gasteiger partial charge in [-0.15, -0.1) is 0 Å². The van der Waals surface area contributed by atoms with Crippen LogP contribution in [0.25, 0.3) is 0 Å². The smallest absolute Gasteiger partial charge is 0.0838 e. The van der Waals surface area contributed by atoms with Gasteiger partial charge in [0.1, 0.15) is 0 Å². The Labute approximate surface area is 69.1 Å². The summed E-state index contributed by atoms with van der Waals surface area (Å²) in [6.07, 6.45) is 2.01. The summed E-state index contributed by atoms with van der Waals surface area (Å²) in [5, 5.41) is 0. The minimum absolute atomic E-state index is 0.0647. The van der Waals surface area contributed by atoms with E-state index in [1.807, 2.05) is 0 Å². The van der Waals surface area contributed by atoms with E-state index in [0.29, 0.717) is 0 Å². The number of hydrogen-bond acceptors (Lipinski definition) is 2. The van der Waals surface area contributed by atoms with Crippen LogP contribution in [0.3, 0.4) is 0 Å². The fourth-order valence-corrected chi connectivity index (χ4v) is 1.83. The number of hydrogen-bond donors (Lipinski definition) is 1. The Kier molecular flexibility index (Phi) is 2.01. The van der Waals surface area contributed by atoms with Crippen LogP contribution in [0, 0.1) is 0 Å². The van der Waals surface area contributed by atoms with Gasteiger partial charge in [0.2, 0.25) is 0 Å². The summed E-state index contributed by atoms with van der Waals surface area (Å²) in [5.74, 6) is 0. The molecule has 0 spiro atoms. The third-order valence-electron chi connectivity index (χ3n) is 3.19. The van der Waals surface area contributed by atoms with Crippen LogP contribution in [-0.2, 0) is 4.74 Å². The summed E-state index contributed by atoms with van der Waals surface area (Å²) >= 11 is 0. The lowest BCUT2D eigenvalue weighted by Gasteiger charge is -2.58. The van der Waals surface area contributed by atoms with Crippen molar-refractivity contribution >= 4 is 0 Å². The molecule has 2 heteroatoms. The van der Waals surface area contributed by atoms with E-state index in [1.54, 1.807) is 0 Å². The highest BCUT2D eigenvalue weighted by atomic mass is 16.6. The largest absolute Gasteiger partial charge is 0.366 e. The molecule has 0 amide bonds. The van der Waals surface area contributed by atoms with Crippen LogP contribution >= 0.6 is 0 Å². The van der Waals surface area contributed by atoms with E-state index in [9.17, 15) is 0 Å². The first kappa shape index (κ1) is 9.01. The van der Waals surface area contributed by atoms with E-state index < -0.39 is 0 Å². The average Bonchev–Trinajstić information content (AvgIpc) is 2.03. The molecule has 0 aromatic rings. The molecule has 0 unspecified atom stereocenters. The Bertz CT molecular complexity index is 144. The van der Waals surface area contributed by atoms with Gasteiger partial charge in [-0.25, -0.2) is 0 Å². The van der Waals surface area contributed by atoms with Crippen LogP contribution in [0.5, 0.6) is 0 Å². The maximum absolute atomic E-state index is 6.03. The maximum atomic E-state index is 6.03. The Morgan fingerprint density at radius 1 is 1.18 bits per heavy atom. The second-order valence-corrected chi connectivity index (χ2v) is 3.91. The first-order valence-electron chi connectivity index (χ1n) is 4.44. The van der Waals surface area contributed by atoms with Crippen LogP contribution in [0.1, 0.15) is 40.5 Å². The fraction of sp³-hybridized carbons (Fsp3) is 1.00. The maximum Gasteiger partial charge on any atom is 0.0838 e. The monoisotopic (exact) mass is 157 g/mol. The molecule has 1 heterocycles. The van der Waals surface area contributed by atoms with Gasteiger partial charge in [-0.05, 0) is 26.7 Å². The van der Waals surface area contributed by atoms with Crippen molar-refractivity contribution in [2.45, 2.75) is 57.8 Å². The Morgan fingerprint density at radius 2 is 1.55 bits per heavy atom. The molecular weight excluding hydrogens is 138 g/mol. The lowest BCUT2D eigenvalue weighted by atomic mass is 9.73. The number of rotatable bonds is 2. The molecule has 0 aliphatic carbocycles. The molecule has 0 aromatic heterocycles. The topological polar surface area (TPSA) is 35.2 Å². The van der Waals surface area contributed by atoms with Crippen LogP contribution < -0.4 is 5.73 Å². The highest BCUT2D eigenvalue weighted by molar-refractivity contribution is 5.08. The molecule has 66 valence electrons. The predicted molar refractivity (Wildman–Crippen MR) is 46.5 cm³/mol. The third-order valence-corrected chi connectivity index (χ3v) is 3.19. The Morgan fingerprint density at radius 3 is 1.73 bits per heavy atom. The lowest BCUT2D eigenvalue weighted by Crippen LogP contribution is -2.73. The standard InChI is InChI=1S/C9H19NO/c1-5-8(3)7(10)9(4,6-2)11-8/h7H,5-6,10H2,1-4H3/t8-,9-/m0/s1. The SMILES string of the molecule is CC[C@]1(C)O[C@@](C)(CC)C1N. The molecule has 2 N–H and O–H groups in total. The minimum atomic E-state index is -0.0647. The van der Waals surface area contributed by atoms with Gasteiger partial charge in [-0.3, -0.25) is 0 Å². The first-order valence-corrected chi connectivity index (χ1v) is 4.44. The lowest BCUT2D eigenvalue weighted by molar-refractivity contribution is -0.275. The molecule has 0 bridgehead atoms. The van der Waals surface area contributed by atoms with Crippen molar-refractivity contribution in [2.24, 2.45) is 5.73 Å². The molecule has 1 rings (SSSR count).